The largest absolute Gasteiger partial charge is 0.351 e. The van der Waals surface area contributed by atoms with Crippen LogP contribution in [0.5, 0.6) is 0 Å². The van der Waals surface area contributed by atoms with Gasteiger partial charge >= 0.3 is 5.69 Å². The minimum absolute atomic E-state index is 0.303. The molecule has 3 rings (SSSR count). The van der Waals surface area contributed by atoms with E-state index in [4.69, 9.17) is 46.4 Å². The Balaban J connectivity index is 2.03. The molecule has 0 aliphatic carbocycles. The van der Waals surface area contributed by atoms with Crippen molar-refractivity contribution >= 4 is 46.4 Å². The van der Waals surface area contributed by atoms with Gasteiger partial charge in [0.05, 0.1) is 27.3 Å². The molecule has 0 radical (unpaired) electrons. The van der Waals surface area contributed by atoms with Crippen LogP contribution in [0.4, 0.5) is 0 Å². The third-order valence-electron chi connectivity index (χ3n) is 3.51. The number of benzene rings is 2. The number of hydrogen-bond donors (Lipinski definition) is 0. The molecule has 8 heteroatoms. The van der Waals surface area contributed by atoms with Crippen molar-refractivity contribution in [1.82, 2.24) is 14.3 Å². The zero-order valence-electron chi connectivity index (χ0n) is 12.4. The van der Waals surface area contributed by atoms with Gasteiger partial charge in [0.1, 0.15) is 5.82 Å². The quantitative estimate of drug-likeness (QED) is 0.618. The Morgan fingerprint density at radius 2 is 1.71 bits per heavy atom. The first-order chi connectivity index (χ1) is 11.4. The van der Waals surface area contributed by atoms with Gasteiger partial charge in [-0.1, -0.05) is 52.5 Å². The Morgan fingerprint density at radius 3 is 2.38 bits per heavy atom. The fourth-order valence-corrected chi connectivity index (χ4v) is 3.12. The van der Waals surface area contributed by atoms with E-state index in [1.54, 1.807) is 37.3 Å². The first-order valence-electron chi connectivity index (χ1n) is 6.92. The van der Waals surface area contributed by atoms with Gasteiger partial charge in [-0.2, -0.15) is 9.78 Å². The number of hydrogen-bond acceptors (Lipinski definition) is 2. The minimum Gasteiger partial charge on any atom is -0.274 e. The molecule has 0 aliphatic rings. The first-order valence-corrected chi connectivity index (χ1v) is 8.44. The lowest BCUT2D eigenvalue weighted by molar-refractivity contribution is 0.723. The zero-order valence-corrected chi connectivity index (χ0v) is 15.5. The Labute approximate surface area is 158 Å². The molecule has 1 heterocycles. The molecule has 0 N–H and O–H groups in total. The summed E-state index contributed by atoms with van der Waals surface area (Å²) < 4.78 is 2.79. The van der Waals surface area contributed by atoms with E-state index >= 15 is 0 Å². The van der Waals surface area contributed by atoms with Crippen molar-refractivity contribution in [2.45, 2.75) is 13.5 Å². The van der Waals surface area contributed by atoms with Crippen LogP contribution in [0, 0.1) is 6.92 Å². The van der Waals surface area contributed by atoms with Gasteiger partial charge in [-0.15, -0.1) is 0 Å². The van der Waals surface area contributed by atoms with E-state index in [2.05, 4.69) is 5.10 Å². The SMILES string of the molecule is Cc1nn(-c2ccc(Cl)cc2Cl)c(=O)n1Cc1ccc(Cl)c(Cl)c1. The molecular weight excluding hydrogens is 392 g/mol. The predicted octanol–water partition coefficient (Wildman–Crippen LogP) is 5.00. The van der Waals surface area contributed by atoms with E-state index in [-0.39, 0.29) is 5.69 Å². The summed E-state index contributed by atoms with van der Waals surface area (Å²) in [6.07, 6.45) is 0. The standard InChI is InChI=1S/C16H11Cl4N3O/c1-9-21-23(15-5-3-11(17)7-14(15)20)16(24)22(9)8-10-2-4-12(18)13(19)6-10/h2-7H,8H2,1H3. The van der Waals surface area contributed by atoms with Gasteiger partial charge in [-0.3, -0.25) is 4.57 Å². The number of aryl methyl sites for hydroxylation is 1. The van der Waals surface area contributed by atoms with Crippen LogP contribution in [0.25, 0.3) is 5.69 Å². The average Bonchev–Trinajstić information content (AvgIpc) is 2.79. The van der Waals surface area contributed by atoms with Gasteiger partial charge < -0.3 is 0 Å². The lowest BCUT2D eigenvalue weighted by atomic mass is 10.2. The van der Waals surface area contributed by atoms with E-state index in [9.17, 15) is 4.79 Å². The van der Waals surface area contributed by atoms with E-state index in [0.29, 0.717) is 38.1 Å². The molecule has 0 fully saturated rings. The topological polar surface area (TPSA) is 39.8 Å². The molecule has 2 aromatic carbocycles. The van der Waals surface area contributed by atoms with Gasteiger partial charge in [0.2, 0.25) is 0 Å². The number of aromatic nitrogens is 3. The summed E-state index contributed by atoms with van der Waals surface area (Å²) >= 11 is 24.0. The summed E-state index contributed by atoms with van der Waals surface area (Å²) in [4.78, 5) is 12.7. The Bertz CT molecular complexity index is 978. The van der Waals surface area contributed by atoms with Crippen LogP contribution >= 0.6 is 46.4 Å². The van der Waals surface area contributed by atoms with Crippen molar-refractivity contribution in [3.8, 4) is 5.69 Å². The number of rotatable bonds is 3. The van der Waals surface area contributed by atoms with Crippen molar-refractivity contribution < 1.29 is 0 Å². The Morgan fingerprint density at radius 1 is 0.958 bits per heavy atom. The molecular formula is C16H11Cl4N3O. The fraction of sp³-hybridized carbons (Fsp3) is 0.125. The number of halogens is 4. The van der Waals surface area contributed by atoms with E-state index in [0.717, 1.165) is 5.56 Å². The monoisotopic (exact) mass is 401 g/mol. The van der Waals surface area contributed by atoms with E-state index in [1.807, 2.05) is 6.07 Å². The second kappa shape index (κ2) is 6.81. The van der Waals surface area contributed by atoms with E-state index < -0.39 is 0 Å². The highest BCUT2D eigenvalue weighted by molar-refractivity contribution is 6.42. The summed E-state index contributed by atoms with van der Waals surface area (Å²) in [7, 11) is 0. The first kappa shape index (κ1) is 17.4. The molecule has 124 valence electrons. The molecule has 3 aromatic rings. The van der Waals surface area contributed by atoms with Crippen molar-refractivity contribution in [1.29, 1.82) is 0 Å². The smallest absolute Gasteiger partial charge is 0.274 e. The van der Waals surface area contributed by atoms with Gasteiger partial charge in [0.15, 0.2) is 0 Å². The summed E-state index contributed by atoms with van der Waals surface area (Å²) in [5, 5.41) is 6.03. The second-order valence-corrected chi connectivity index (χ2v) is 6.83. The highest BCUT2D eigenvalue weighted by Gasteiger charge is 2.14. The van der Waals surface area contributed by atoms with Gasteiger partial charge in [-0.25, -0.2) is 4.79 Å². The van der Waals surface area contributed by atoms with Crippen LogP contribution in [0.15, 0.2) is 41.2 Å². The molecule has 4 nitrogen and oxygen atoms in total. The Kier molecular flexibility index (Phi) is 4.92. The van der Waals surface area contributed by atoms with Crippen LogP contribution in [0.1, 0.15) is 11.4 Å². The zero-order chi connectivity index (χ0) is 17.4. The molecule has 0 unspecified atom stereocenters. The van der Waals surface area contributed by atoms with Crippen LogP contribution in [-0.2, 0) is 6.54 Å². The summed E-state index contributed by atoms with van der Waals surface area (Å²) in [5.74, 6) is 0.553. The molecule has 24 heavy (non-hydrogen) atoms. The maximum Gasteiger partial charge on any atom is 0.351 e. The molecule has 0 bridgehead atoms. The maximum absolute atomic E-state index is 12.7. The van der Waals surface area contributed by atoms with E-state index in [1.165, 1.54) is 9.25 Å². The van der Waals surface area contributed by atoms with Crippen LogP contribution in [-0.4, -0.2) is 14.3 Å². The molecule has 1 aromatic heterocycles. The summed E-state index contributed by atoms with van der Waals surface area (Å²) in [6.45, 7) is 2.08. The predicted molar refractivity (Wildman–Crippen MR) is 98.1 cm³/mol. The molecule has 0 spiro atoms. The second-order valence-electron chi connectivity index (χ2n) is 5.17. The van der Waals surface area contributed by atoms with Gasteiger partial charge in [0.25, 0.3) is 0 Å². The summed E-state index contributed by atoms with van der Waals surface area (Å²) in [6, 6.07) is 10.1. The summed E-state index contributed by atoms with van der Waals surface area (Å²) in [5.41, 5.74) is 1.02. The maximum atomic E-state index is 12.7. The van der Waals surface area contributed by atoms with Crippen molar-refractivity contribution in [2.75, 3.05) is 0 Å². The third-order valence-corrected chi connectivity index (χ3v) is 4.79. The highest BCUT2D eigenvalue weighted by Crippen LogP contribution is 2.24. The Hall–Kier alpha value is -1.46. The lowest BCUT2D eigenvalue weighted by Crippen LogP contribution is -2.24. The van der Waals surface area contributed by atoms with Crippen molar-refractivity contribution in [3.05, 3.63) is 78.4 Å². The average molecular weight is 403 g/mol. The third kappa shape index (κ3) is 3.33. The number of nitrogens with zero attached hydrogens (tertiary/aromatic N) is 3. The van der Waals surface area contributed by atoms with Gasteiger partial charge in [-0.05, 0) is 42.8 Å². The fourth-order valence-electron chi connectivity index (χ4n) is 2.31. The molecule has 0 amide bonds. The molecule has 0 saturated carbocycles. The highest BCUT2D eigenvalue weighted by atomic mass is 35.5. The van der Waals surface area contributed by atoms with Gasteiger partial charge in [0, 0.05) is 5.02 Å². The van der Waals surface area contributed by atoms with Crippen molar-refractivity contribution in [3.63, 3.8) is 0 Å². The molecule has 0 saturated heterocycles. The lowest BCUT2D eigenvalue weighted by Gasteiger charge is -2.05. The van der Waals surface area contributed by atoms with Crippen LogP contribution in [0.2, 0.25) is 20.1 Å². The van der Waals surface area contributed by atoms with Crippen LogP contribution < -0.4 is 5.69 Å². The van der Waals surface area contributed by atoms with Crippen molar-refractivity contribution in [2.24, 2.45) is 0 Å². The molecule has 0 atom stereocenters. The molecule has 0 aliphatic heterocycles. The van der Waals surface area contributed by atoms with Crippen LogP contribution in [0.3, 0.4) is 0 Å². The normalized spacial score (nSPS) is 11.0. The minimum atomic E-state index is -0.303.